The molecule has 0 unspecified atom stereocenters. The summed E-state index contributed by atoms with van der Waals surface area (Å²) >= 11 is 0. The number of aromatic nitrogens is 2. The van der Waals surface area contributed by atoms with E-state index in [9.17, 15) is 9.59 Å². The number of nitrogens with zero attached hydrogens (tertiary/aromatic N) is 4. The monoisotopic (exact) mass is 356 g/mol. The zero-order valence-corrected chi connectivity index (χ0v) is 15.0. The molecule has 1 aliphatic heterocycles. The number of aryl methyl sites for hydroxylation is 2. The number of hydrogen-bond acceptors (Lipinski definition) is 4. The van der Waals surface area contributed by atoms with Gasteiger partial charge in [0.2, 0.25) is 0 Å². The van der Waals surface area contributed by atoms with Gasteiger partial charge in [-0.3, -0.25) is 19.2 Å². The van der Waals surface area contributed by atoms with Crippen molar-refractivity contribution in [3.8, 4) is 0 Å². The predicted molar refractivity (Wildman–Crippen MR) is 96.8 cm³/mol. The summed E-state index contributed by atoms with van der Waals surface area (Å²) < 4.78 is 1.48. The lowest BCUT2D eigenvalue weighted by atomic mass is 10.1. The number of piperazine rings is 1. The molecule has 0 atom stereocenters. The molecule has 1 aromatic carbocycles. The molecule has 1 aliphatic rings. The number of amides is 1. The van der Waals surface area contributed by atoms with Crippen LogP contribution >= 0.6 is 0 Å². The lowest BCUT2D eigenvalue weighted by Gasteiger charge is -2.34. The standard InChI is InChI=1S/C19H24N4O3/c1-15-3-2-4-16(13-15)14-21-9-11-22(12-10-21)19(26)17-5-7-20-23(17)8-6-18(24)25/h2-5,7,13H,6,8-12,14H2,1H3,(H,24,25). The second kappa shape index (κ2) is 8.14. The summed E-state index contributed by atoms with van der Waals surface area (Å²) in [5.74, 6) is -0.980. The molecule has 1 saturated heterocycles. The van der Waals surface area contributed by atoms with Crippen molar-refractivity contribution in [2.45, 2.75) is 26.4 Å². The summed E-state index contributed by atoms with van der Waals surface area (Å²) in [5.41, 5.74) is 3.00. The van der Waals surface area contributed by atoms with Crippen molar-refractivity contribution in [1.82, 2.24) is 19.6 Å². The topological polar surface area (TPSA) is 78.7 Å². The van der Waals surface area contributed by atoms with E-state index in [4.69, 9.17) is 5.11 Å². The molecule has 1 N–H and O–H groups in total. The number of carboxylic acid groups (broad SMARTS) is 1. The molecule has 0 aliphatic carbocycles. The van der Waals surface area contributed by atoms with Crippen LogP contribution in [0.3, 0.4) is 0 Å². The van der Waals surface area contributed by atoms with E-state index in [0.717, 1.165) is 19.6 Å². The van der Waals surface area contributed by atoms with Crippen LogP contribution in [0.25, 0.3) is 0 Å². The molecule has 0 saturated carbocycles. The Balaban J connectivity index is 1.55. The first-order valence-electron chi connectivity index (χ1n) is 8.84. The number of carboxylic acids is 1. The van der Waals surface area contributed by atoms with E-state index < -0.39 is 5.97 Å². The van der Waals surface area contributed by atoms with Gasteiger partial charge in [0.25, 0.3) is 5.91 Å². The van der Waals surface area contributed by atoms with Gasteiger partial charge in [-0.2, -0.15) is 5.10 Å². The molecular formula is C19H24N4O3. The van der Waals surface area contributed by atoms with Crippen molar-refractivity contribution in [1.29, 1.82) is 0 Å². The molecule has 1 fully saturated rings. The summed E-state index contributed by atoms with van der Waals surface area (Å²) in [6.07, 6.45) is 1.50. The van der Waals surface area contributed by atoms with Crippen LogP contribution < -0.4 is 0 Å². The van der Waals surface area contributed by atoms with E-state index in [1.165, 1.54) is 15.8 Å². The summed E-state index contributed by atoms with van der Waals surface area (Å²) in [5, 5.41) is 12.9. The predicted octanol–water partition coefficient (Wildman–Crippen LogP) is 1.62. The van der Waals surface area contributed by atoms with Crippen molar-refractivity contribution >= 4 is 11.9 Å². The van der Waals surface area contributed by atoms with Crippen LogP contribution in [0.2, 0.25) is 0 Å². The van der Waals surface area contributed by atoms with E-state index in [1.807, 2.05) is 4.90 Å². The third-order valence-electron chi connectivity index (χ3n) is 4.62. The highest BCUT2D eigenvalue weighted by Gasteiger charge is 2.24. The minimum Gasteiger partial charge on any atom is -0.481 e. The molecule has 0 radical (unpaired) electrons. The molecule has 1 amide bonds. The van der Waals surface area contributed by atoms with E-state index in [1.54, 1.807) is 12.3 Å². The van der Waals surface area contributed by atoms with Crippen molar-refractivity contribution < 1.29 is 14.7 Å². The number of carbonyl (C=O) groups excluding carboxylic acids is 1. The van der Waals surface area contributed by atoms with Crippen LogP contribution in [0.1, 0.15) is 28.0 Å². The lowest BCUT2D eigenvalue weighted by molar-refractivity contribution is -0.137. The summed E-state index contributed by atoms with van der Waals surface area (Å²) in [4.78, 5) is 27.6. The van der Waals surface area contributed by atoms with Gasteiger partial charge in [0.15, 0.2) is 0 Å². The Labute approximate surface area is 152 Å². The van der Waals surface area contributed by atoms with Gasteiger partial charge >= 0.3 is 5.97 Å². The second-order valence-corrected chi connectivity index (χ2v) is 6.64. The highest BCUT2D eigenvalue weighted by Crippen LogP contribution is 2.13. The number of carbonyl (C=O) groups is 2. The average Bonchev–Trinajstić information content (AvgIpc) is 3.08. The quantitative estimate of drug-likeness (QED) is 0.851. The van der Waals surface area contributed by atoms with Gasteiger partial charge in [-0.1, -0.05) is 29.8 Å². The Morgan fingerprint density at radius 3 is 2.62 bits per heavy atom. The Morgan fingerprint density at radius 2 is 1.92 bits per heavy atom. The molecule has 3 rings (SSSR count). The van der Waals surface area contributed by atoms with Gasteiger partial charge in [0.05, 0.1) is 13.0 Å². The molecule has 0 bridgehead atoms. The van der Waals surface area contributed by atoms with Gasteiger partial charge < -0.3 is 10.0 Å². The van der Waals surface area contributed by atoms with Crippen LogP contribution in [0, 0.1) is 6.92 Å². The van der Waals surface area contributed by atoms with Crippen molar-refractivity contribution in [2.75, 3.05) is 26.2 Å². The molecule has 7 nitrogen and oxygen atoms in total. The van der Waals surface area contributed by atoms with Crippen molar-refractivity contribution in [3.05, 3.63) is 53.3 Å². The second-order valence-electron chi connectivity index (χ2n) is 6.64. The lowest BCUT2D eigenvalue weighted by Crippen LogP contribution is -2.48. The summed E-state index contributed by atoms with van der Waals surface area (Å²) in [6.45, 7) is 6.15. The van der Waals surface area contributed by atoms with Crippen molar-refractivity contribution in [3.63, 3.8) is 0 Å². The summed E-state index contributed by atoms with van der Waals surface area (Å²) in [6, 6.07) is 10.1. The smallest absolute Gasteiger partial charge is 0.305 e. The Bertz CT molecular complexity index is 779. The highest BCUT2D eigenvalue weighted by molar-refractivity contribution is 5.92. The fraction of sp³-hybridized carbons (Fsp3) is 0.421. The molecule has 7 heteroatoms. The van der Waals surface area contributed by atoms with E-state index in [0.29, 0.717) is 18.8 Å². The molecule has 0 spiro atoms. The van der Waals surface area contributed by atoms with Crippen LogP contribution in [-0.4, -0.2) is 62.7 Å². The van der Waals surface area contributed by atoms with Gasteiger partial charge in [-0.15, -0.1) is 0 Å². The molecule has 138 valence electrons. The van der Waals surface area contributed by atoms with Gasteiger partial charge in [0, 0.05) is 38.9 Å². The minimum atomic E-state index is -0.899. The first-order chi connectivity index (χ1) is 12.5. The number of benzene rings is 1. The van der Waals surface area contributed by atoms with E-state index in [-0.39, 0.29) is 18.9 Å². The molecule has 2 aromatic rings. The Morgan fingerprint density at radius 1 is 1.15 bits per heavy atom. The molecular weight excluding hydrogens is 332 g/mol. The zero-order valence-electron chi connectivity index (χ0n) is 15.0. The molecule has 2 heterocycles. The van der Waals surface area contributed by atoms with Crippen LogP contribution in [0.4, 0.5) is 0 Å². The first-order valence-corrected chi connectivity index (χ1v) is 8.84. The maximum absolute atomic E-state index is 12.7. The summed E-state index contributed by atoms with van der Waals surface area (Å²) in [7, 11) is 0. The fourth-order valence-electron chi connectivity index (χ4n) is 3.23. The van der Waals surface area contributed by atoms with Gasteiger partial charge in [0.1, 0.15) is 5.69 Å². The third-order valence-corrected chi connectivity index (χ3v) is 4.62. The highest BCUT2D eigenvalue weighted by atomic mass is 16.4. The van der Waals surface area contributed by atoms with Gasteiger partial charge in [-0.05, 0) is 18.6 Å². The van der Waals surface area contributed by atoms with Crippen molar-refractivity contribution in [2.24, 2.45) is 0 Å². The molecule has 26 heavy (non-hydrogen) atoms. The van der Waals surface area contributed by atoms with E-state index >= 15 is 0 Å². The third kappa shape index (κ3) is 4.49. The SMILES string of the molecule is Cc1cccc(CN2CCN(C(=O)c3ccnn3CCC(=O)O)CC2)c1. The number of hydrogen-bond donors (Lipinski definition) is 1. The fourth-order valence-corrected chi connectivity index (χ4v) is 3.23. The van der Waals surface area contributed by atoms with Crippen LogP contribution in [-0.2, 0) is 17.9 Å². The molecule has 1 aromatic heterocycles. The maximum Gasteiger partial charge on any atom is 0.305 e. The number of aliphatic carboxylic acids is 1. The van der Waals surface area contributed by atoms with Crippen LogP contribution in [0.15, 0.2) is 36.5 Å². The van der Waals surface area contributed by atoms with Crippen LogP contribution in [0.5, 0.6) is 0 Å². The zero-order chi connectivity index (χ0) is 18.5. The Hall–Kier alpha value is -2.67. The maximum atomic E-state index is 12.7. The minimum absolute atomic E-state index is 0.0494. The normalized spacial score (nSPS) is 15.2. The number of rotatable bonds is 6. The average molecular weight is 356 g/mol. The van der Waals surface area contributed by atoms with Gasteiger partial charge in [-0.25, -0.2) is 0 Å². The Kier molecular flexibility index (Phi) is 5.68. The first kappa shape index (κ1) is 18.1. The van der Waals surface area contributed by atoms with E-state index in [2.05, 4.69) is 41.2 Å². The largest absolute Gasteiger partial charge is 0.481 e.